The number of amides is 1. The number of thioether (sulfide) groups is 1. The topological polar surface area (TPSA) is 94.0 Å². The van der Waals surface area contributed by atoms with Gasteiger partial charge in [-0.3, -0.25) is 4.79 Å². The first kappa shape index (κ1) is 12.4. The lowest BCUT2D eigenvalue weighted by molar-refractivity contribution is 0.0937. The second kappa shape index (κ2) is 5.50. The fraction of sp³-hybridized carbons (Fsp3) is 0.700. The Hall–Kier alpha value is -1.08. The van der Waals surface area contributed by atoms with Crippen LogP contribution in [0.4, 0.5) is 0 Å². The Morgan fingerprint density at radius 3 is 3.12 bits per heavy atom. The lowest BCUT2D eigenvalue weighted by Gasteiger charge is -2.03. The number of nitrogens with two attached hydrogens (primary N) is 1. The number of carbonyl (C=O) groups excluding carboxylic acids is 1. The molecule has 0 saturated heterocycles. The van der Waals surface area contributed by atoms with Crippen LogP contribution in [-0.2, 0) is 0 Å². The van der Waals surface area contributed by atoms with E-state index < -0.39 is 0 Å². The zero-order valence-corrected chi connectivity index (χ0v) is 10.5. The molecule has 1 aliphatic carbocycles. The van der Waals surface area contributed by atoms with Crippen molar-refractivity contribution >= 4 is 17.7 Å². The van der Waals surface area contributed by atoms with Crippen molar-refractivity contribution in [3.8, 4) is 0 Å². The molecule has 0 radical (unpaired) electrons. The molecule has 1 amide bonds. The van der Waals surface area contributed by atoms with E-state index in [9.17, 15) is 4.79 Å². The van der Waals surface area contributed by atoms with Gasteiger partial charge in [0.05, 0.1) is 6.04 Å². The molecule has 3 N–H and O–H groups in total. The monoisotopic (exact) mass is 256 g/mol. The molecule has 0 aliphatic heterocycles. The number of carbonyl (C=O) groups is 1. The van der Waals surface area contributed by atoms with E-state index in [0.29, 0.717) is 5.89 Å². The van der Waals surface area contributed by atoms with E-state index in [2.05, 4.69) is 15.5 Å². The lowest BCUT2D eigenvalue weighted by atomic mass is 10.2. The molecular formula is C10H16N4O2S. The molecule has 17 heavy (non-hydrogen) atoms. The minimum absolute atomic E-state index is 0.0755. The number of hydrogen-bond donors (Lipinski definition) is 2. The van der Waals surface area contributed by atoms with Gasteiger partial charge >= 0.3 is 0 Å². The van der Waals surface area contributed by atoms with Crippen LogP contribution in [0.1, 0.15) is 41.8 Å². The third-order valence-electron chi connectivity index (χ3n) is 2.51. The number of hydrogen-bond acceptors (Lipinski definition) is 6. The Morgan fingerprint density at radius 2 is 2.47 bits per heavy atom. The third-order valence-corrected chi connectivity index (χ3v) is 3.15. The molecule has 1 fully saturated rings. The van der Waals surface area contributed by atoms with Gasteiger partial charge < -0.3 is 15.6 Å². The molecule has 94 valence electrons. The third kappa shape index (κ3) is 3.44. The number of rotatable bonds is 6. The summed E-state index contributed by atoms with van der Waals surface area (Å²) in [5.74, 6) is 1.05. The maximum atomic E-state index is 11.6. The van der Waals surface area contributed by atoms with Crippen molar-refractivity contribution in [2.24, 2.45) is 5.73 Å². The van der Waals surface area contributed by atoms with Crippen LogP contribution in [0.5, 0.6) is 0 Å². The molecule has 1 aliphatic rings. The summed E-state index contributed by atoms with van der Waals surface area (Å²) in [6.07, 6.45) is 4.83. The highest BCUT2D eigenvalue weighted by Gasteiger charge is 2.26. The van der Waals surface area contributed by atoms with Gasteiger partial charge in [-0.05, 0) is 31.3 Å². The Balaban J connectivity index is 1.91. The molecule has 1 unspecified atom stereocenters. The predicted octanol–water partition coefficient (Wildman–Crippen LogP) is 0.715. The highest BCUT2D eigenvalue weighted by molar-refractivity contribution is 7.98. The Bertz CT molecular complexity index is 391. The van der Waals surface area contributed by atoms with Gasteiger partial charge in [-0.2, -0.15) is 16.7 Å². The molecule has 0 spiro atoms. The standard InChI is InChI=1S/C10H16N4O2S/c1-17-5-4-7(11)10-13-8(14-16-10)9(15)12-6-2-3-6/h6-7H,2-5,11H2,1H3,(H,12,15). The molecule has 1 atom stereocenters. The summed E-state index contributed by atoms with van der Waals surface area (Å²) in [7, 11) is 0. The summed E-state index contributed by atoms with van der Waals surface area (Å²) in [4.78, 5) is 15.6. The van der Waals surface area contributed by atoms with Gasteiger partial charge in [0.25, 0.3) is 11.7 Å². The van der Waals surface area contributed by atoms with Crippen molar-refractivity contribution in [3.63, 3.8) is 0 Å². The minimum Gasteiger partial charge on any atom is -0.346 e. The number of aromatic nitrogens is 2. The van der Waals surface area contributed by atoms with E-state index in [0.717, 1.165) is 25.0 Å². The molecular weight excluding hydrogens is 240 g/mol. The summed E-state index contributed by atoms with van der Waals surface area (Å²) in [6, 6.07) is -0.00737. The maximum Gasteiger partial charge on any atom is 0.292 e. The van der Waals surface area contributed by atoms with E-state index in [1.807, 2.05) is 6.26 Å². The van der Waals surface area contributed by atoms with E-state index in [-0.39, 0.29) is 23.8 Å². The van der Waals surface area contributed by atoms with Crippen molar-refractivity contribution < 1.29 is 9.32 Å². The summed E-state index contributed by atoms with van der Waals surface area (Å²) in [5, 5.41) is 6.44. The van der Waals surface area contributed by atoms with Crippen molar-refractivity contribution in [2.75, 3.05) is 12.0 Å². The van der Waals surface area contributed by atoms with Crippen molar-refractivity contribution in [1.82, 2.24) is 15.5 Å². The zero-order valence-electron chi connectivity index (χ0n) is 9.68. The van der Waals surface area contributed by atoms with Gasteiger partial charge in [-0.1, -0.05) is 5.16 Å². The normalized spacial score (nSPS) is 16.8. The second-order valence-electron chi connectivity index (χ2n) is 4.09. The predicted molar refractivity (Wildman–Crippen MR) is 64.7 cm³/mol. The molecule has 7 heteroatoms. The van der Waals surface area contributed by atoms with Crippen LogP contribution in [0.2, 0.25) is 0 Å². The SMILES string of the molecule is CSCCC(N)c1nc(C(=O)NC2CC2)no1. The van der Waals surface area contributed by atoms with Crippen LogP contribution in [0.15, 0.2) is 4.52 Å². The first-order chi connectivity index (χ1) is 8.20. The molecule has 0 bridgehead atoms. The van der Waals surface area contributed by atoms with Gasteiger partial charge in [-0.25, -0.2) is 0 Å². The van der Waals surface area contributed by atoms with Crippen LogP contribution >= 0.6 is 11.8 Å². The summed E-state index contributed by atoms with van der Waals surface area (Å²) in [6.45, 7) is 0. The van der Waals surface area contributed by atoms with Gasteiger partial charge in [0.15, 0.2) is 0 Å². The highest BCUT2D eigenvalue weighted by Crippen LogP contribution is 2.19. The smallest absolute Gasteiger partial charge is 0.292 e. The Kier molecular flexibility index (Phi) is 4.01. The number of nitrogens with zero attached hydrogens (tertiary/aromatic N) is 2. The van der Waals surface area contributed by atoms with Crippen LogP contribution in [-0.4, -0.2) is 34.1 Å². The van der Waals surface area contributed by atoms with Gasteiger partial charge in [0, 0.05) is 6.04 Å². The largest absolute Gasteiger partial charge is 0.346 e. The molecule has 6 nitrogen and oxygen atoms in total. The minimum atomic E-state index is -0.294. The lowest BCUT2D eigenvalue weighted by Crippen LogP contribution is -2.26. The molecule has 1 saturated carbocycles. The van der Waals surface area contributed by atoms with Crippen LogP contribution in [0.25, 0.3) is 0 Å². The van der Waals surface area contributed by atoms with Gasteiger partial charge in [0.1, 0.15) is 0 Å². The number of nitrogens with one attached hydrogen (secondary N) is 1. The van der Waals surface area contributed by atoms with Gasteiger partial charge in [-0.15, -0.1) is 0 Å². The van der Waals surface area contributed by atoms with Crippen molar-refractivity contribution in [3.05, 3.63) is 11.7 Å². The fourth-order valence-electron chi connectivity index (χ4n) is 1.32. The van der Waals surface area contributed by atoms with E-state index in [1.165, 1.54) is 0 Å². The van der Waals surface area contributed by atoms with E-state index >= 15 is 0 Å². The fourth-order valence-corrected chi connectivity index (χ4v) is 1.81. The second-order valence-corrected chi connectivity index (χ2v) is 5.08. The summed E-state index contributed by atoms with van der Waals surface area (Å²) in [5.41, 5.74) is 5.87. The quantitative estimate of drug-likeness (QED) is 0.778. The van der Waals surface area contributed by atoms with E-state index in [4.69, 9.17) is 10.3 Å². The molecule has 1 heterocycles. The Labute approximate surface area is 104 Å². The van der Waals surface area contributed by atoms with E-state index in [1.54, 1.807) is 11.8 Å². The first-order valence-electron chi connectivity index (χ1n) is 5.59. The first-order valence-corrected chi connectivity index (χ1v) is 6.99. The zero-order chi connectivity index (χ0) is 12.3. The molecule has 0 aromatic carbocycles. The summed E-state index contributed by atoms with van der Waals surface area (Å²) >= 11 is 1.71. The van der Waals surface area contributed by atoms with Gasteiger partial charge in [0.2, 0.25) is 5.89 Å². The Morgan fingerprint density at radius 1 is 1.71 bits per heavy atom. The molecule has 1 aromatic heterocycles. The highest BCUT2D eigenvalue weighted by atomic mass is 32.2. The average molecular weight is 256 g/mol. The van der Waals surface area contributed by atoms with Crippen LogP contribution in [0.3, 0.4) is 0 Å². The van der Waals surface area contributed by atoms with Crippen molar-refractivity contribution in [1.29, 1.82) is 0 Å². The van der Waals surface area contributed by atoms with Crippen LogP contribution < -0.4 is 11.1 Å². The van der Waals surface area contributed by atoms with Crippen LogP contribution in [0, 0.1) is 0 Å². The maximum absolute atomic E-state index is 11.6. The average Bonchev–Trinajstić information content (AvgIpc) is 2.99. The molecule has 2 rings (SSSR count). The molecule has 1 aromatic rings. The van der Waals surface area contributed by atoms with Crippen molar-refractivity contribution in [2.45, 2.75) is 31.3 Å². The summed E-state index contributed by atoms with van der Waals surface area (Å²) < 4.78 is 4.99.